The highest BCUT2D eigenvalue weighted by Crippen LogP contribution is 2.23. The Morgan fingerprint density at radius 1 is 1.11 bits per heavy atom. The molecule has 0 amide bonds. The molecule has 2 heteroatoms. The zero-order valence-corrected chi connectivity index (χ0v) is 13.1. The second kappa shape index (κ2) is 8.21. The molecule has 1 aromatic rings. The van der Waals surface area contributed by atoms with E-state index in [0.29, 0.717) is 12.0 Å². The molecule has 0 unspecified atom stereocenters. The van der Waals surface area contributed by atoms with Gasteiger partial charge in [-0.05, 0) is 55.5 Å². The summed E-state index contributed by atoms with van der Waals surface area (Å²) in [7, 11) is 0. The summed E-state index contributed by atoms with van der Waals surface area (Å²) in [5.74, 6) is 1.58. The van der Waals surface area contributed by atoms with Crippen LogP contribution in [0.1, 0.15) is 57.6 Å². The lowest BCUT2D eigenvalue weighted by molar-refractivity contribution is 0.304. The number of nitrogens with one attached hydrogen (secondary N) is 1. The van der Waals surface area contributed by atoms with E-state index < -0.39 is 0 Å². The number of unbranched alkanes of at least 4 members (excludes halogenated alkanes) is 1. The van der Waals surface area contributed by atoms with E-state index in [2.05, 4.69) is 58.1 Å². The van der Waals surface area contributed by atoms with E-state index >= 15 is 0 Å². The molecule has 0 fully saturated rings. The van der Waals surface area contributed by atoms with Gasteiger partial charge in [0.15, 0.2) is 0 Å². The van der Waals surface area contributed by atoms with Gasteiger partial charge in [-0.1, -0.05) is 33.8 Å². The number of rotatable bonds is 8. The van der Waals surface area contributed by atoms with E-state index in [4.69, 9.17) is 4.74 Å². The molecule has 1 aromatic carbocycles. The van der Waals surface area contributed by atoms with Crippen LogP contribution in [-0.4, -0.2) is 19.2 Å². The lowest BCUT2D eigenvalue weighted by atomic mass is 9.98. The molecule has 0 aliphatic heterocycles. The summed E-state index contributed by atoms with van der Waals surface area (Å²) >= 11 is 0. The monoisotopic (exact) mass is 263 g/mol. The number of ether oxygens (including phenoxy) is 1. The minimum atomic E-state index is 0.576. The Hall–Kier alpha value is -1.02. The minimum Gasteiger partial charge on any atom is -0.494 e. The maximum Gasteiger partial charge on any atom is 0.119 e. The van der Waals surface area contributed by atoms with Gasteiger partial charge in [0.2, 0.25) is 0 Å². The molecule has 1 rings (SSSR count). The van der Waals surface area contributed by atoms with E-state index in [-0.39, 0.29) is 0 Å². The standard InChI is InChI=1S/C17H29NO/c1-13(2)17-9-8-16(12-15(17)5)19-11-7-6-10-18-14(3)4/h8-9,12-14,18H,6-7,10-11H2,1-5H3. The van der Waals surface area contributed by atoms with E-state index in [1.54, 1.807) is 0 Å². The Balaban J connectivity index is 2.28. The van der Waals surface area contributed by atoms with Gasteiger partial charge in [-0.2, -0.15) is 0 Å². The van der Waals surface area contributed by atoms with Gasteiger partial charge in [-0.25, -0.2) is 0 Å². The van der Waals surface area contributed by atoms with E-state index in [1.165, 1.54) is 17.5 Å². The van der Waals surface area contributed by atoms with Gasteiger partial charge in [-0.15, -0.1) is 0 Å². The van der Waals surface area contributed by atoms with Gasteiger partial charge in [0.05, 0.1) is 6.61 Å². The molecule has 19 heavy (non-hydrogen) atoms. The molecule has 0 spiro atoms. The zero-order chi connectivity index (χ0) is 14.3. The van der Waals surface area contributed by atoms with Crippen molar-refractivity contribution in [3.63, 3.8) is 0 Å². The zero-order valence-electron chi connectivity index (χ0n) is 13.1. The van der Waals surface area contributed by atoms with Crippen LogP contribution in [0.15, 0.2) is 18.2 Å². The summed E-state index contributed by atoms with van der Waals surface area (Å²) in [6.07, 6.45) is 2.27. The maximum atomic E-state index is 5.80. The van der Waals surface area contributed by atoms with Gasteiger partial charge in [0.1, 0.15) is 5.75 Å². The molecule has 0 aromatic heterocycles. The van der Waals surface area contributed by atoms with Crippen molar-refractivity contribution in [2.45, 2.75) is 59.4 Å². The summed E-state index contributed by atoms with van der Waals surface area (Å²) in [5, 5.41) is 3.42. The maximum absolute atomic E-state index is 5.80. The van der Waals surface area contributed by atoms with Crippen LogP contribution in [0, 0.1) is 6.92 Å². The van der Waals surface area contributed by atoms with Crippen molar-refractivity contribution in [2.24, 2.45) is 0 Å². The predicted molar refractivity (Wildman–Crippen MR) is 83.1 cm³/mol. The molecule has 0 bridgehead atoms. The smallest absolute Gasteiger partial charge is 0.119 e. The molecule has 0 radical (unpaired) electrons. The Labute approximate surface area is 118 Å². The first-order chi connectivity index (χ1) is 9.00. The highest BCUT2D eigenvalue weighted by Gasteiger charge is 2.04. The van der Waals surface area contributed by atoms with Gasteiger partial charge in [0, 0.05) is 6.04 Å². The van der Waals surface area contributed by atoms with Crippen molar-refractivity contribution >= 4 is 0 Å². The van der Waals surface area contributed by atoms with E-state index in [0.717, 1.165) is 25.3 Å². The first-order valence-corrected chi connectivity index (χ1v) is 7.47. The number of aryl methyl sites for hydroxylation is 1. The van der Waals surface area contributed by atoms with Gasteiger partial charge < -0.3 is 10.1 Å². The van der Waals surface area contributed by atoms with Crippen molar-refractivity contribution in [3.05, 3.63) is 29.3 Å². The van der Waals surface area contributed by atoms with Gasteiger partial charge >= 0.3 is 0 Å². The molecule has 0 aliphatic carbocycles. The third-order valence-electron chi connectivity index (χ3n) is 3.26. The molecule has 0 atom stereocenters. The fourth-order valence-electron chi connectivity index (χ4n) is 2.19. The average molecular weight is 263 g/mol. The van der Waals surface area contributed by atoms with E-state index in [1.807, 2.05) is 0 Å². The molecular weight excluding hydrogens is 234 g/mol. The first-order valence-electron chi connectivity index (χ1n) is 7.47. The first kappa shape index (κ1) is 16.0. The van der Waals surface area contributed by atoms with Crippen LogP contribution in [0.5, 0.6) is 5.75 Å². The van der Waals surface area contributed by atoms with Crippen LogP contribution >= 0.6 is 0 Å². The molecular formula is C17H29NO. The largest absolute Gasteiger partial charge is 0.494 e. The van der Waals surface area contributed by atoms with Crippen molar-refractivity contribution in [1.29, 1.82) is 0 Å². The van der Waals surface area contributed by atoms with Crippen LogP contribution < -0.4 is 10.1 Å². The fraction of sp³-hybridized carbons (Fsp3) is 0.647. The average Bonchev–Trinajstić information content (AvgIpc) is 2.32. The third kappa shape index (κ3) is 6.11. The van der Waals surface area contributed by atoms with E-state index in [9.17, 15) is 0 Å². The highest BCUT2D eigenvalue weighted by atomic mass is 16.5. The SMILES string of the molecule is Cc1cc(OCCCCNC(C)C)ccc1C(C)C. The minimum absolute atomic E-state index is 0.576. The quantitative estimate of drug-likeness (QED) is 0.707. The lowest BCUT2D eigenvalue weighted by Gasteiger charge is -2.12. The third-order valence-corrected chi connectivity index (χ3v) is 3.26. The van der Waals surface area contributed by atoms with Gasteiger partial charge in [-0.3, -0.25) is 0 Å². The normalized spacial score (nSPS) is 11.3. The number of hydrogen-bond donors (Lipinski definition) is 1. The topological polar surface area (TPSA) is 21.3 Å². The summed E-state index contributed by atoms with van der Waals surface area (Å²) in [6.45, 7) is 12.8. The Kier molecular flexibility index (Phi) is 6.93. The second-order valence-corrected chi connectivity index (χ2v) is 5.84. The van der Waals surface area contributed by atoms with Crippen LogP contribution in [0.2, 0.25) is 0 Å². The summed E-state index contributed by atoms with van der Waals surface area (Å²) < 4.78 is 5.80. The summed E-state index contributed by atoms with van der Waals surface area (Å²) in [6, 6.07) is 7.01. The van der Waals surface area contributed by atoms with Crippen molar-refractivity contribution < 1.29 is 4.74 Å². The number of hydrogen-bond acceptors (Lipinski definition) is 2. The summed E-state index contributed by atoms with van der Waals surface area (Å²) in [5.41, 5.74) is 2.74. The molecule has 0 saturated carbocycles. The fourth-order valence-corrected chi connectivity index (χ4v) is 2.19. The molecule has 2 nitrogen and oxygen atoms in total. The van der Waals surface area contributed by atoms with Gasteiger partial charge in [0.25, 0.3) is 0 Å². The van der Waals surface area contributed by atoms with Crippen LogP contribution in [0.3, 0.4) is 0 Å². The predicted octanol–water partition coefficient (Wildman–Crippen LogP) is 4.28. The Morgan fingerprint density at radius 2 is 1.84 bits per heavy atom. The highest BCUT2D eigenvalue weighted by molar-refractivity contribution is 5.36. The van der Waals surface area contributed by atoms with Crippen LogP contribution in [-0.2, 0) is 0 Å². The molecule has 108 valence electrons. The number of benzene rings is 1. The molecule has 0 aliphatic rings. The second-order valence-electron chi connectivity index (χ2n) is 5.84. The Bertz CT molecular complexity index is 372. The summed E-state index contributed by atoms with van der Waals surface area (Å²) in [4.78, 5) is 0. The Morgan fingerprint density at radius 3 is 2.42 bits per heavy atom. The van der Waals surface area contributed by atoms with Crippen molar-refractivity contribution in [2.75, 3.05) is 13.2 Å². The van der Waals surface area contributed by atoms with Crippen LogP contribution in [0.4, 0.5) is 0 Å². The van der Waals surface area contributed by atoms with Crippen LogP contribution in [0.25, 0.3) is 0 Å². The molecule has 0 heterocycles. The molecule has 0 saturated heterocycles. The lowest BCUT2D eigenvalue weighted by Crippen LogP contribution is -2.23. The molecule has 1 N–H and O–H groups in total. The van der Waals surface area contributed by atoms with Crippen molar-refractivity contribution in [1.82, 2.24) is 5.32 Å². The van der Waals surface area contributed by atoms with Crippen molar-refractivity contribution in [3.8, 4) is 5.75 Å².